The van der Waals surface area contributed by atoms with Gasteiger partial charge in [-0.15, -0.1) is 0 Å². The van der Waals surface area contributed by atoms with Gasteiger partial charge >= 0.3 is 0 Å². The summed E-state index contributed by atoms with van der Waals surface area (Å²) in [6, 6.07) is 5.30. The standard InChI is InChI=1S/C16H7F5O2S4/c1-27(22,23)7-4-2-6(3-5-7)15-9(16(24)26-25-15)8-10(17)12(19)14(21)13(20)11(8)18/h2-5H,1H3. The van der Waals surface area contributed by atoms with Gasteiger partial charge in [0.1, 0.15) is 3.82 Å². The van der Waals surface area contributed by atoms with Gasteiger partial charge in [-0.2, -0.15) is 0 Å². The minimum Gasteiger partial charge on any atom is -0.224 e. The summed E-state index contributed by atoms with van der Waals surface area (Å²) in [5.74, 6) is -10.3. The first kappa shape index (κ1) is 20.1. The predicted octanol–water partition coefficient (Wildman–Crippen LogP) is 5.97. The van der Waals surface area contributed by atoms with E-state index in [1.165, 1.54) is 24.3 Å². The number of hydrogen-bond donors (Lipinski definition) is 0. The van der Waals surface area contributed by atoms with Gasteiger partial charge in [0.2, 0.25) is 5.82 Å². The van der Waals surface area contributed by atoms with Crippen molar-refractivity contribution < 1.29 is 30.4 Å². The molecule has 2 nitrogen and oxygen atoms in total. The molecule has 0 bridgehead atoms. The van der Waals surface area contributed by atoms with Crippen LogP contribution in [0.25, 0.3) is 21.6 Å². The summed E-state index contributed by atoms with van der Waals surface area (Å²) in [6.45, 7) is 0. The van der Waals surface area contributed by atoms with E-state index in [-0.39, 0.29) is 19.2 Å². The van der Waals surface area contributed by atoms with Crippen molar-refractivity contribution in [1.29, 1.82) is 0 Å². The number of hydrogen-bond acceptors (Lipinski definition) is 5. The lowest BCUT2D eigenvalue weighted by atomic mass is 10.0. The highest BCUT2D eigenvalue weighted by Crippen LogP contribution is 2.44. The molecule has 3 rings (SSSR count). The molecule has 0 N–H and O–H groups in total. The number of rotatable bonds is 3. The maximum atomic E-state index is 14.2. The average Bonchev–Trinajstić information content (AvgIpc) is 2.99. The van der Waals surface area contributed by atoms with Gasteiger partial charge in [0.25, 0.3) is 0 Å². The summed E-state index contributed by atoms with van der Waals surface area (Å²) >= 11 is 5.04. The van der Waals surface area contributed by atoms with Crippen LogP contribution in [0.3, 0.4) is 0 Å². The Kier molecular flexibility index (Phi) is 5.23. The molecule has 0 unspecified atom stereocenters. The van der Waals surface area contributed by atoms with Crippen LogP contribution in [0.1, 0.15) is 0 Å². The van der Waals surface area contributed by atoms with E-state index in [1.807, 2.05) is 0 Å². The van der Waals surface area contributed by atoms with Crippen LogP contribution in [0.4, 0.5) is 22.0 Å². The Labute approximate surface area is 162 Å². The molecule has 0 aliphatic heterocycles. The van der Waals surface area contributed by atoms with E-state index in [0.29, 0.717) is 5.56 Å². The van der Waals surface area contributed by atoms with Crippen LogP contribution in [0, 0.1) is 32.9 Å². The average molecular weight is 454 g/mol. The number of halogens is 5. The Balaban J connectivity index is 2.28. The van der Waals surface area contributed by atoms with E-state index in [4.69, 9.17) is 12.2 Å². The van der Waals surface area contributed by atoms with Crippen molar-refractivity contribution in [3.63, 3.8) is 0 Å². The van der Waals surface area contributed by atoms with E-state index < -0.39 is 44.5 Å². The molecule has 0 fully saturated rings. The van der Waals surface area contributed by atoms with Crippen LogP contribution >= 0.6 is 32.9 Å². The second kappa shape index (κ2) is 7.04. The predicted molar refractivity (Wildman–Crippen MR) is 96.8 cm³/mol. The van der Waals surface area contributed by atoms with Crippen molar-refractivity contribution in [3.05, 3.63) is 57.2 Å². The summed E-state index contributed by atoms with van der Waals surface area (Å²) in [6.07, 6.45) is 1.01. The molecular formula is C16H7F5O2S4. The van der Waals surface area contributed by atoms with Crippen molar-refractivity contribution >= 4 is 42.7 Å². The monoisotopic (exact) mass is 454 g/mol. The summed E-state index contributed by atoms with van der Waals surface area (Å²) in [5, 5.41) is 0. The first-order chi connectivity index (χ1) is 12.5. The van der Waals surface area contributed by atoms with Crippen LogP contribution in [0.2, 0.25) is 0 Å². The minimum absolute atomic E-state index is 0.0165. The van der Waals surface area contributed by atoms with Crippen molar-refractivity contribution in [2.24, 2.45) is 0 Å². The molecule has 27 heavy (non-hydrogen) atoms. The Morgan fingerprint density at radius 1 is 0.778 bits per heavy atom. The van der Waals surface area contributed by atoms with Gasteiger partial charge in [0.15, 0.2) is 33.1 Å². The van der Waals surface area contributed by atoms with Gasteiger partial charge in [-0.25, -0.2) is 30.4 Å². The molecule has 3 aromatic rings. The number of sulfone groups is 1. The summed E-state index contributed by atoms with van der Waals surface area (Å²) in [4.78, 5) is 0.191. The molecule has 142 valence electrons. The van der Waals surface area contributed by atoms with Crippen LogP contribution in [-0.2, 0) is 9.84 Å². The molecule has 1 aromatic heterocycles. The first-order valence-corrected chi connectivity index (χ1v) is 11.4. The SMILES string of the molecule is CS(=O)(=O)c1ccc(-c2ssc(=S)c2-c2c(F)c(F)c(F)c(F)c2F)cc1. The largest absolute Gasteiger partial charge is 0.224 e. The third-order valence-electron chi connectivity index (χ3n) is 3.64. The van der Waals surface area contributed by atoms with Crippen molar-refractivity contribution in [2.75, 3.05) is 6.26 Å². The Bertz CT molecular complexity index is 1180. The fraction of sp³-hybridized carbons (Fsp3) is 0.0625. The van der Waals surface area contributed by atoms with Gasteiger partial charge in [-0.1, -0.05) is 45.0 Å². The number of benzene rings is 2. The highest BCUT2D eigenvalue weighted by molar-refractivity contribution is 7.90. The van der Waals surface area contributed by atoms with E-state index in [0.717, 1.165) is 26.9 Å². The van der Waals surface area contributed by atoms with Crippen molar-refractivity contribution in [1.82, 2.24) is 0 Å². The van der Waals surface area contributed by atoms with Crippen molar-refractivity contribution in [2.45, 2.75) is 4.90 Å². The minimum atomic E-state index is -3.46. The zero-order valence-corrected chi connectivity index (χ0v) is 16.4. The van der Waals surface area contributed by atoms with E-state index in [1.54, 1.807) is 0 Å². The van der Waals surface area contributed by atoms with Crippen LogP contribution in [0.5, 0.6) is 0 Å². The molecule has 11 heteroatoms. The van der Waals surface area contributed by atoms with Crippen molar-refractivity contribution in [3.8, 4) is 21.6 Å². The zero-order chi connectivity index (χ0) is 20.1. The van der Waals surface area contributed by atoms with Gasteiger partial charge < -0.3 is 0 Å². The van der Waals surface area contributed by atoms with Crippen LogP contribution in [0.15, 0.2) is 29.2 Å². The third-order valence-corrected chi connectivity index (χ3v) is 7.83. The van der Waals surface area contributed by atoms with E-state index in [9.17, 15) is 30.4 Å². The highest BCUT2D eigenvalue weighted by atomic mass is 32.9. The maximum absolute atomic E-state index is 14.2. The molecule has 0 radical (unpaired) electrons. The maximum Gasteiger partial charge on any atom is 0.200 e. The fourth-order valence-corrected chi connectivity index (χ4v) is 5.84. The molecule has 0 spiro atoms. The fourth-order valence-electron chi connectivity index (χ4n) is 2.34. The molecule has 1 heterocycles. The van der Waals surface area contributed by atoms with E-state index >= 15 is 0 Å². The molecule has 0 aliphatic carbocycles. The zero-order valence-electron chi connectivity index (χ0n) is 13.1. The second-order valence-electron chi connectivity index (χ2n) is 5.40. The lowest BCUT2D eigenvalue weighted by molar-refractivity contribution is 0.381. The summed E-state index contributed by atoms with van der Waals surface area (Å²) in [5.41, 5.74) is -1.06. The van der Waals surface area contributed by atoms with Crippen LogP contribution < -0.4 is 0 Å². The second-order valence-corrected chi connectivity index (χ2v) is 10.2. The molecule has 0 saturated heterocycles. The summed E-state index contributed by atoms with van der Waals surface area (Å²) < 4.78 is 92.0. The quantitative estimate of drug-likeness (QED) is 0.161. The normalized spacial score (nSPS) is 11.8. The first-order valence-electron chi connectivity index (χ1n) is 6.99. The van der Waals surface area contributed by atoms with Gasteiger partial charge in [-0.3, -0.25) is 0 Å². The van der Waals surface area contributed by atoms with Gasteiger partial charge in [0, 0.05) is 11.8 Å². The van der Waals surface area contributed by atoms with Gasteiger partial charge in [0.05, 0.1) is 15.3 Å². The molecule has 0 atom stereocenters. The Morgan fingerprint density at radius 2 is 1.26 bits per heavy atom. The smallest absolute Gasteiger partial charge is 0.200 e. The van der Waals surface area contributed by atoms with Gasteiger partial charge in [-0.05, 0) is 17.7 Å². The molecule has 0 saturated carbocycles. The molecular weight excluding hydrogens is 447 g/mol. The lowest BCUT2D eigenvalue weighted by Crippen LogP contribution is -2.04. The molecule has 2 aromatic carbocycles. The third kappa shape index (κ3) is 3.44. The Hall–Kier alpha value is -1.69. The van der Waals surface area contributed by atoms with E-state index in [2.05, 4.69) is 0 Å². The lowest BCUT2D eigenvalue weighted by Gasteiger charge is -2.09. The molecule has 0 amide bonds. The summed E-state index contributed by atoms with van der Waals surface area (Å²) in [7, 11) is -1.55. The molecule has 0 aliphatic rings. The van der Waals surface area contributed by atoms with Crippen LogP contribution in [-0.4, -0.2) is 14.7 Å². The Morgan fingerprint density at radius 3 is 1.74 bits per heavy atom. The highest BCUT2D eigenvalue weighted by Gasteiger charge is 2.29. The topological polar surface area (TPSA) is 34.1 Å².